The number of fused-ring (bicyclic) bond motifs is 1. The predicted molar refractivity (Wildman–Crippen MR) is 99.6 cm³/mol. The van der Waals surface area contributed by atoms with Crippen LogP contribution in [0.2, 0.25) is 5.02 Å². The monoisotopic (exact) mass is 359 g/mol. The average Bonchev–Trinajstić information content (AvgIpc) is 2.57. The Bertz CT molecular complexity index is 789. The Morgan fingerprint density at radius 2 is 1.96 bits per heavy atom. The molecule has 4 nitrogen and oxygen atoms in total. The lowest BCUT2D eigenvalue weighted by atomic mass is 9.96. The first-order valence-electron chi connectivity index (χ1n) is 7.58. The highest BCUT2D eigenvalue weighted by molar-refractivity contribution is 8.00. The first-order chi connectivity index (χ1) is 11.5. The number of anilines is 1. The summed E-state index contributed by atoms with van der Waals surface area (Å²) in [4.78, 5) is 20.1. The highest BCUT2D eigenvalue weighted by atomic mass is 35.5. The van der Waals surface area contributed by atoms with E-state index in [1.165, 1.54) is 0 Å². The highest BCUT2D eigenvalue weighted by Gasteiger charge is 2.35. The first kappa shape index (κ1) is 16.9. The van der Waals surface area contributed by atoms with Crippen LogP contribution in [0.4, 0.5) is 5.69 Å². The van der Waals surface area contributed by atoms with Gasteiger partial charge in [0.2, 0.25) is 5.78 Å². The van der Waals surface area contributed by atoms with E-state index in [-0.39, 0.29) is 11.8 Å². The van der Waals surface area contributed by atoms with Gasteiger partial charge in [0.15, 0.2) is 0 Å². The maximum absolute atomic E-state index is 12.8. The molecule has 1 aromatic heterocycles. The highest BCUT2D eigenvalue weighted by Crippen LogP contribution is 2.39. The maximum Gasteiger partial charge on any atom is 0.213 e. The van der Waals surface area contributed by atoms with E-state index in [1.54, 1.807) is 18.1 Å². The van der Waals surface area contributed by atoms with Crippen LogP contribution in [-0.4, -0.2) is 35.8 Å². The summed E-state index contributed by atoms with van der Waals surface area (Å²) < 4.78 is 2.13. The normalized spacial score (nSPS) is 18.7. The van der Waals surface area contributed by atoms with Crippen LogP contribution in [0.25, 0.3) is 0 Å². The van der Waals surface area contributed by atoms with Crippen molar-refractivity contribution in [2.75, 3.05) is 18.4 Å². The Morgan fingerprint density at radius 1 is 1.25 bits per heavy atom. The summed E-state index contributed by atoms with van der Waals surface area (Å²) in [7, 11) is 3.83. The van der Waals surface area contributed by atoms with Crippen LogP contribution in [0, 0.1) is 0 Å². The van der Waals surface area contributed by atoms with Crippen LogP contribution < -0.4 is 4.31 Å². The number of ketones is 1. The van der Waals surface area contributed by atoms with Crippen molar-refractivity contribution in [2.45, 2.75) is 17.9 Å². The molecular formula is C18H18ClN3OS. The number of carbonyl (C=O) groups is 1. The van der Waals surface area contributed by atoms with Gasteiger partial charge in [0.25, 0.3) is 0 Å². The van der Waals surface area contributed by atoms with E-state index in [0.29, 0.717) is 10.7 Å². The minimum Gasteiger partial charge on any atom is -0.383 e. The smallest absolute Gasteiger partial charge is 0.213 e. The third-order valence-corrected chi connectivity index (χ3v) is 5.16. The predicted octanol–water partition coefficient (Wildman–Crippen LogP) is 4.28. The molecule has 0 saturated carbocycles. The van der Waals surface area contributed by atoms with Crippen molar-refractivity contribution >= 4 is 35.0 Å². The topological polar surface area (TPSA) is 36.4 Å². The molecule has 6 heteroatoms. The standard InChI is InChI=1S/C18H18ClN3OS/c1-12-15(11-21(2)3)18(23)17-16(5-4-10-20-17)22(12)24-14-8-6-13(19)7-9-14/h4-12H,1-3H3/b15-11-. The molecule has 0 amide bonds. The molecule has 1 aliphatic rings. The number of carbonyl (C=O) groups excluding carboxylic acids is 1. The van der Waals surface area contributed by atoms with E-state index in [9.17, 15) is 4.79 Å². The van der Waals surface area contributed by atoms with Gasteiger partial charge in [-0.2, -0.15) is 0 Å². The third-order valence-electron chi connectivity index (χ3n) is 3.72. The van der Waals surface area contributed by atoms with E-state index in [2.05, 4.69) is 9.29 Å². The van der Waals surface area contributed by atoms with Crippen LogP contribution in [0.5, 0.6) is 0 Å². The Morgan fingerprint density at radius 3 is 2.62 bits per heavy atom. The summed E-state index contributed by atoms with van der Waals surface area (Å²) >= 11 is 7.55. The second-order valence-corrected chi connectivity index (χ2v) is 7.28. The molecule has 2 aromatic rings. The zero-order valence-electron chi connectivity index (χ0n) is 13.7. The van der Waals surface area contributed by atoms with Crippen molar-refractivity contribution < 1.29 is 4.79 Å². The minimum absolute atomic E-state index is 0.0141. The summed E-state index contributed by atoms with van der Waals surface area (Å²) in [5.41, 5.74) is 2.06. The fourth-order valence-electron chi connectivity index (χ4n) is 2.59. The molecule has 24 heavy (non-hydrogen) atoms. The summed E-state index contributed by atoms with van der Waals surface area (Å²) in [6.07, 6.45) is 3.53. The average molecular weight is 360 g/mol. The zero-order chi connectivity index (χ0) is 17.3. The number of rotatable bonds is 3. The third kappa shape index (κ3) is 3.28. The van der Waals surface area contributed by atoms with E-state index in [0.717, 1.165) is 16.2 Å². The Hall–Kier alpha value is -1.98. The van der Waals surface area contributed by atoms with Crippen molar-refractivity contribution in [3.8, 4) is 0 Å². The molecule has 0 fully saturated rings. The molecule has 0 bridgehead atoms. The number of aromatic nitrogens is 1. The lowest BCUT2D eigenvalue weighted by molar-refractivity contribution is 0.102. The second-order valence-electron chi connectivity index (χ2n) is 5.80. The number of nitrogens with zero attached hydrogens (tertiary/aromatic N) is 3. The van der Waals surface area contributed by atoms with Gasteiger partial charge in [0.1, 0.15) is 5.69 Å². The van der Waals surface area contributed by atoms with Crippen LogP contribution in [-0.2, 0) is 0 Å². The molecule has 1 aromatic carbocycles. The molecular weight excluding hydrogens is 342 g/mol. The quantitative estimate of drug-likeness (QED) is 0.604. The van der Waals surface area contributed by atoms with Crippen molar-refractivity contribution in [3.63, 3.8) is 0 Å². The van der Waals surface area contributed by atoms with Gasteiger partial charge >= 0.3 is 0 Å². The van der Waals surface area contributed by atoms with Gasteiger partial charge in [-0.1, -0.05) is 11.6 Å². The largest absolute Gasteiger partial charge is 0.383 e. The van der Waals surface area contributed by atoms with E-state index in [1.807, 2.05) is 68.5 Å². The number of hydrogen-bond acceptors (Lipinski definition) is 5. The van der Waals surface area contributed by atoms with Crippen LogP contribution in [0.1, 0.15) is 17.4 Å². The molecule has 2 heterocycles. The van der Waals surface area contributed by atoms with Crippen molar-refractivity contribution in [1.82, 2.24) is 9.88 Å². The molecule has 3 rings (SSSR count). The van der Waals surface area contributed by atoms with Gasteiger partial charge in [-0.3, -0.25) is 9.78 Å². The van der Waals surface area contributed by atoms with Gasteiger partial charge in [0, 0.05) is 42.0 Å². The van der Waals surface area contributed by atoms with Crippen LogP contribution in [0.3, 0.4) is 0 Å². The Kier molecular flexibility index (Phi) is 4.83. The molecule has 0 aliphatic carbocycles. The lowest BCUT2D eigenvalue weighted by Gasteiger charge is -2.36. The van der Waals surface area contributed by atoms with Crippen molar-refractivity contribution in [2.24, 2.45) is 0 Å². The van der Waals surface area contributed by atoms with Gasteiger partial charge in [-0.05, 0) is 55.3 Å². The molecule has 0 N–H and O–H groups in total. The summed E-state index contributed by atoms with van der Waals surface area (Å²) in [5, 5.41) is 0.705. The lowest BCUT2D eigenvalue weighted by Crippen LogP contribution is -2.38. The molecule has 0 spiro atoms. The second kappa shape index (κ2) is 6.87. The zero-order valence-corrected chi connectivity index (χ0v) is 15.3. The van der Waals surface area contributed by atoms with Crippen molar-refractivity contribution in [1.29, 1.82) is 0 Å². The number of halogens is 1. The maximum atomic E-state index is 12.8. The fraction of sp³-hybridized carbons (Fsp3) is 0.222. The number of pyridine rings is 1. The van der Waals surface area contributed by atoms with Crippen LogP contribution >= 0.6 is 23.5 Å². The van der Waals surface area contributed by atoms with E-state index >= 15 is 0 Å². The SMILES string of the molecule is CC1/C(=C/N(C)C)C(=O)c2ncccc2N1Sc1ccc(Cl)cc1. The summed E-state index contributed by atoms with van der Waals surface area (Å²) in [6, 6.07) is 11.4. The Balaban J connectivity index is 2.04. The fourth-order valence-corrected chi connectivity index (χ4v) is 3.72. The van der Waals surface area contributed by atoms with E-state index < -0.39 is 0 Å². The summed E-state index contributed by atoms with van der Waals surface area (Å²) in [5.74, 6) is -0.0141. The van der Waals surface area contributed by atoms with Crippen molar-refractivity contribution in [3.05, 3.63) is 65.1 Å². The van der Waals surface area contributed by atoms with Gasteiger partial charge in [0.05, 0.1) is 11.7 Å². The van der Waals surface area contributed by atoms with Gasteiger partial charge < -0.3 is 9.21 Å². The Labute approximate surface area is 151 Å². The van der Waals surface area contributed by atoms with E-state index in [4.69, 9.17) is 11.6 Å². The molecule has 0 radical (unpaired) electrons. The van der Waals surface area contributed by atoms with Gasteiger partial charge in [-0.15, -0.1) is 0 Å². The molecule has 124 valence electrons. The summed E-state index contributed by atoms with van der Waals surface area (Å²) in [6.45, 7) is 2.03. The number of Topliss-reactive ketones (excluding diaryl/α,β-unsaturated/α-hetero) is 1. The first-order valence-corrected chi connectivity index (χ1v) is 8.73. The molecule has 1 atom stereocenters. The molecule has 0 saturated heterocycles. The molecule has 1 unspecified atom stereocenters. The number of hydrogen-bond donors (Lipinski definition) is 0. The van der Waals surface area contributed by atoms with Gasteiger partial charge in [-0.25, -0.2) is 0 Å². The minimum atomic E-state index is -0.0720. The molecule has 1 aliphatic heterocycles. The number of benzene rings is 1. The van der Waals surface area contributed by atoms with Crippen LogP contribution in [0.15, 0.2) is 59.3 Å².